The molecule has 1 aromatic heterocycles. The lowest BCUT2D eigenvalue weighted by atomic mass is 10.0. The van der Waals surface area contributed by atoms with Gasteiger partial charge in [-0.05, 0) is 17.1 Å². The van der Waals surface area contributed by atoms with Crippen LogP contribution in [0.5, 0.6) is 0 Å². The van der Waals surface area contributed by atoms with Gasteiger partial charge in [0.25, 0.3) is 5.91 Å². The van der Waals surface area contributed by atoms with Crippen molar-refractivity contribution >= 4 is 52.8 Å². The Hall–Kier alpha value is -2.37. The fourth-order valence-electron chi connectivity index (χ4n) is 3.00. The van der Waals surface area contributed by atoms with Crippen LogP contribution < -0.4 is 5.32 Å². The van der Waals surface area contributed by atoms with Crippen LogP contribution in [-0.4, -0.2) is 54.5 Å². The first kappa shape index (κ1) is 19.0. The standard InChI is InChI=1S/C17H14N4O4S3/c22-11(6-9-4-2-1-3-5-9)19-13-15(23)21-14(17(24)25)10(8-26-16(13)21)27-12-7-18-20-28-12/h1-5,7,13,16H,6,8H2,(H,19,22)(H,24,25)/t13-,16+/m1/s1. The molecule has 3 heterocycles. The van der Waals surface area contributed by atoms with Gasteiger partial charge in [0.1, 0.15) is 21.3 Å². The summed E-state index contributed by atoms with van der Waals surface area (Å²) >= 11 is 3.86. The van der Waals surface area contributed by atoms with E-state index in [2.05, 4.69) is 14.9 Å². The van der Waals surface area contributed by atoms with Gasteiger partial charge in [0.2, 0.25) is 5.91 Å². The number of carbonyl (C=O) groups excluding carboxylic acids is 2. The van der Waals surface area contributed by atoms with Gasteiger partial charge in [-0.2, -0.15) is 0 Å². The lowest BCUT2D eigenvalue weighted by Gasteiger charge is -2.49. The van der Waals surface area contributed by atoms with Crippen molar-refractivity contribution in [2.24, 2.45) is 0 Å². The van der Waals surface area contributed by atoms with E-state index in [0.29, 0.717) is 10.7 Å². The number of nitrogens with one attached hydrogen (secondary N) is 1. The van der Waals surface area contributed by atoms with Crippen molar-refractivity contribution in [2.45, 2.75) is 22.0 Å². The minimum absolute atomic E-state index is 0.0271. The zero-order chi connectivity index (χ0) is 19.7. The first-order chi connectivity index (χ1) is 13.5. The second-order valence-corrected chi connectivity index (χ2v) is 9.32. The predicted molar refractivity (Wildman–Crippen MR) is 106 cm³/mol. The minimum Gasteiger partial charge on any atom is -0.477 e. The summed E-state index contributed by atoms with van der Waals surface area (Å²) in [6.07, 6.45) is 1.73. The summed E-state index contributed by atoms with van der Waals surface area (Å²) in [5.41, 5.74) is 0.823. The number of hydrogen-bond donors (Lipinski definition) is 2. The van der Waals surface area contributed by atoms with Crippen molar-refractivity contribution in [3.05, 3.63) is 52.7 Å². The molecule has 2 aliphatic rings. The Morgan fingerprint density at radius 2 is 2.11 bits per heavy atom. The Balaban J connectivity index is 1.47. The van der Waals surface area contributed by atoms with E-state index in [0.717, 1.165) is 9.77 Å². The smallest absolute Gasteiger partial charge is 0.353 e. The van der Waals surface area contributed by atoms with Crippen molar-refractivity contribution in [1.29, 1.82) is 0 Å². The molecule has 0 radical (unpaired) electrons. The number of hydrogen-bond acceptors (Lipinski definition) is 8. The van der Waals surface area contributed by atoms with E-state index in [9.17, 15) is 19.5 Å². The number of carbonyl (C=O) groups is 3. The first-order valence-corrected chi connectivity index (χ1v) is 10.9. The van der Waals surface area contributed by atoms with Gasteiger partial charge in [-0.1, -0.05) is 46.6 Å². The van der Waals surface area contributed by atoms with E-state index in [1.165, 1.54) is 40.0 Å². The molecule has 28 heavy (non-hydrogen) atoms. The number of benzene rings is 1. The molecule has 4 rings (SSSR count). The number of carboxylic acids is 1. The fraction of sp³-hybridized carbons (Fsp3) is 0.235. The third kappa shape index (κ3) is 3.64. The van der Waals surface area contributed by atoms with Gasteiger partial charge in [0.05, 0.1) is 12.6 Å². The van der Waals surface area contributed by atoms with Gasteiger partial charge in [-0.15, -0.1) is 16.9 Å². The van der Waals surface area contributed by atoms with Crippen molar-refractivity contribution in [2.75, 3.05) is 5.75 Å². The van der Waals surface area contributed by atoms with Crippen LogP contribution in [0.1, 0.15) is 5.56 Å². The maximum Gasteiger partial charge on any atom is 0.353 e. The Morgan fingerprint density at radius 3 is 2.79 bits per heavy atom. The third-order valence-electron chi connectivity index (χ3n) is 4.22. The molecular weight excluding hydrogens is 420 g/mol. The molecule has 0 bridgehead atoms. The molecule has 0 saturated carbocycles. The highest BCUT2D eigenvalue weighted by Crippen LogP contribution is 2.45. The number of aliphatic carboxylic acids is 1. The van der Waals surface area contributed by atoms with E-state index in [-0.39, 0.29) is 18.0 Å². The van der Waals surface area contributed by atoms with Crippen LogP contribution in [-0.2, 0) is 20.8 Å². The predicted octanol–water partition coefficient (Wildman–Crippen LogP) is 1.57. The van der Waals surface area contributed by atoms with Crippen molar-refractivity contribution in [3.63, 3.8) is 0 Å². The Morgan fingerprint density at radius 1 is 1.32 bits per heavy atom. The molecule has 1 aromatic carbocycles. The van der Waals surface area contributed by atoms with Gasteiger partial charge in [0.15, 0.2) is 0 Å². The van der Waals surface area contributed by atoms with E-state index in [1.54, 1.807) is 6.20 Å². The van der Waals surface area contributed by atoms with E-state index in [4.69, 9.17) is 0 Å². The molecular formula is C17H14N4O4S3. The summed E-state index contributed by atoms with van der Waals surface area (Å²) in [4.78, 5) is 38.6. The molecule has 1 fully saturated rings. The van der Waals surface area contributed by atoms with Crippen LogP contribution in [0, 0.1) is 0 Å². The lowest BCUT2D eigenvalue weighted by Crippen LogP contribution is -2.70. The summed E-state index contributed by atoms with van der Waals surface area (Å²) < 4.78 is 4.52. The number of thioether (sulfide) groups is 2. The number of aromatic nitrogens is 2. The SMILES string of the molecule is O=C(Cc1ccccc1)N[C@@H]1C(=O)N2C(C(=O)O)=C(Sc3cnns3)CS[C@@H]12. The number of nitrogens with zero attached hydrogens (tertiary/aromatic N) is 3. The second kappa shape index (κ2) is 7.94. The molecule has 0 aliphatic carbocycles. The van der Waals surface area contributed by atoms with Crippen molar-refractivity contribution < 1.29 is 19.5 Å². The van der Waals surface area contributed by atoms with Gasteiger partial charge in [-0.25, -0.2) is 4.79 Å². The molecule has 0 spiro atoms. The van der Waals surface area contributed by atoms with Crippen LogP contribution >= 0.6 is 35.1 Å². The van der Waals surface area contributed by atoms with Crippen LogP contribution in [0.4, 0.5) is 0 Å². The van der Waals surface area contributed by atoms with Gasteiger partial charge < -0.3 is 10.4 Å². The summed E-state index contributed by atoms with van der Waals surface area (Å²) in [6, 6.07) is 8.52. The van der Waals surface area contributed by atoms with Crippen LogP contribution in [0.3, 0.4) is 0 Å². The van der Waals surface area contributed by atoms with Gasteiger partial charge in [-0.3, -0.25) is 14.5 Å². The lowest BCUT2D eigenvalue weighted by molar-refractivity contribution is -0.150. The molecule has 0 unspecified atom stereocenters. The second-order valence-electron chi connectivity index (χ2n) is 6.03. The third-order valence-corrected chi connectivity index (χ3v) is 7.51. The quantitative estimate of drug-likeness (QED) is 0.659. The number of β-lactam (4-membered cyclic amide) rings is 1. The topological polar surface area (TPSA) is 112 Å². The number of amides is 2. The molecule has 1 saturated heterocycles. The molecule has 2 N–H and O–H groups in total. The number of carboxylic acid groups (broad SMARTS) is 1. The Bertz CT molecular complexity index is 949. The molecule has 144 valence electrons. The molecule has 8 nitrogen and oxygen atoms in total. The monoisotopic (exact) mass is 434 g/mol. The average Bonchev–Trinajstić information content (AvgIpc) is 3.19. The van der Waals surface area contributed by atoms with Gasteiger partial charge in [0, 0.05) is 10.7 Å². The molecule has 2 aromatic rings. The number of fused-ring (bicyclic) bond motifs is 1. The highest BCUT2D eigenvalue weighted by Gasteiger charge is 2.54. The fourth-order valence-corrected chi connectivity index (χ4v) is 6.08. The molecule has 2 atom stereocenters. The van der Waals surface area contributed by atoms with Crippen LogP contribution in [0.2, 0.25) is 0 Å². The number of rotatable bonds is 6. The van der Waals surface area contributed by atoms with Crippen LogP contribution in [0.15, 0.2) is 51.3 Å². The van der Waals surface area contributed by atoms with Crippen LogP contribution in [0.25, 0.3) is 0 Å². The summed E-state index contributed by atoms with van der Waals surface area (Å²) in [5, 5.41) is 15.7. The Kier molecular flexibility index (Phi) is 5.38. The molecule has 2 aliphatic heterocycles. The van der Waals surface area contributed by atoms with E-state index < -0.39 is 23.3 Å². The average molecular weight is 435 g/mol. The molecule has 2 amide bonds. The van der Waals surface area contributed by atoms with Gasteiger partial charge >= 0.3 is 5.97 Å². The normalized spacial score (nSPS) is 21.1. The summed E-state index contributed by atoms with van der Waals surface area (Å²) in [5.74, 6) is -1.39. The zero-order valence-corrected chi connectivity index (χ0v) is 16.7. The highest BCUT2D eigenvalue weighted by molar-refractivity contribution is 8.07. The molecule has 11 heteroatoms. The summed E-state index contributed by atoms with van der Waals surface area (Å²) in [6.45, 7) is 0. The van der Waals surface area contributed by atoms with Crippen molar-refractivity contribution in [3.8, 4) is 0 Å². The first-order valence-electron chi connectivity index (χ1n) is 8.24. The minimum atomic E-state index is -1.16. The maximum absolute atomic E-state index is 12.6. The highest BCUT2D eigenvalue weighted by atomic mass is 32.2. The zero-order valence-electron chi connectivity index (χ0n) is 14.3. The summed E-state index contributed by atoms with van der Waals surface area (Å²) in [7, 11) is 0. The largest absolute Gasteiger partial charge is 0.477 e. The van der Waals surface area contributed by atoms with E-state index in [1.807, 2.05) is 30.3 Å². The van der Waals surface area contributed by atoms with E-state index >= 15 is 0 Å². The van der Waals surface area contributed by atoms with Crippen molar-refractivity contribution in [1.82, 2.24) is 19.8 Å². The maximum atomic E-state index is 12.6. The Labute approximate surface area is 172 Å².